The first kappa shape index (κ1) is 10.2. The first-order valence-electron chi connectivity index (χ1n) is 4.10. The van der Waals surface area contributed by atoms with Crippen LogP contribution in [0.15, 0.2) is 24.3 Å². The molecule has 0 bridgehead atoms. The number of anilines is 1. The summed E-state index contributed by atoms with van der Waals surface area (Å²) < 4.78 is 12.9. The molecule has 0 saturated heterocycles. The molecule has 1 amide bonds. The number of carbonyl (C=O) groups is 1. The third-order valence-electron chi connectivity index (χ3n) is 1.70. The summed E-state index contributed by atoms with van der Waals surface area (Å²) in [4.78, 5) is 10.4. The molecule has 0 heterocycles. The Morgan fingerprint density at radius 1 is 1.50 bits per heavy atom. The van der Waals surface area contributed by atoms with Gasteiger partial charge in [-0.3, -0.25) is 4.79 Å². The maximum Gasteiger partial charge on any atom is 0.221 e. The van der Waals surface area contributed by atoms with Gasteiger partial charge in [-0.25, -0.2) is 4.39 Å². The molecular formula is C10H11FN2O. The molecule has 0 aliphatic carbocycles. The van der Waals surface area contributed by atoms with Crippen molar-refractivity contribution in [3.8, 4) is 0 Å². The van der Waals surface area contributed by atoms with Crippen molar-refractivity contribution >= 4 is 17.7 Å². The average Bonchev–Trinajstić information content (AvgIpc) is 2.12. The Kier molecular flexibility index (Phi) is 3.23. The number of nitrogens with two attached hydrogens (primary N) is 2. The van der Waals surface area contributed by atoms with Crippen LogP contribution in [0, 0.1) is 5.82 Å². The second kappa shape index (κ2) is 4.41. The van der Waals surface area contributed by atoms with Crippen LogP contribution in [0.5, 0.6) is 0 Å². The highest BCUT2D eigenvalue weighted by Gasteiger charge is 2.00. The quantitative estimate of drug-likeness (QED) is 0.712. The highest BCUT2D eigenvalue weighted by atomic mass is 19.1. The Bertz CT molecular complexity index is 374. The largest absolute Gasteiger partial charge is 0.396 e. The zero-order valence-corrected chi connectivity index (χ0v) is 7.53. The summed E-state index contributed by atoms with van der Waals surface area (Å²) in [5.41, 5.74) is 11.0. The number of hydrogen-bond donors (Lipinski definition) is 2. The van der Waals surface area contributed by atoms with Crippen LogP contribution in [0.25, 0.3) is 6.08 Å². The number of hydrogen-bond acceptors (Lipinski definition) is 2. The number of carbonyl (C=O) groups excluding carboxylic acids is 1. The third-order valence-corrected chi connectivity index (χ3v) is 1.70. The van der Waals surface area contributed by atoms with Gasteiger partial charge in [-0.2, -0.15) is 0 Å². The van der Waals surface area contributed by atoms with Crippen LogP contribution >= 0.6 is 0 Å². The van der Waals surface area contributed by atoms with Crippen LogP contribution in [0.2, 0.25) is 0 Å². The van der Waals surface area contributed by atoms with Gasteiger partial charge in [0.15, 0.2) is 0 Å². The number of nitrogen functional groups attached to an aromatic ring is 1. The van der Waals surface area contributed by atoms with Gasteiger partial charge in [0, 0.05) is 12.0 Å². The molecule has 1 aromatic rings. The highest BCUT2D eigenvalue weighted by molar-refractivity contribution is 5.77. The van der Waals surface area contributed by atoms with Crippen LogP contribution in [-0.2, 0) is 4.79 Å². The molecule has 14 heavy (non-hydrogen) atoms. The number of rotatable bonds is 3. The molecule has 0 spiro atoms. The van der Waals surface area contributed by atoms with Crippen molar-refractivity contribution in [3.05, 3.63) is 35.7 Å². The lowest BCUT2D eigenvalue weighted by molar-refractivity contribution is -0.117. The molecule has 0 aliphatic rings. The van der Waals surface area contributed by atoms with Gasteiger partial charge >= 0.3 is 0 Å². The van der Waals surface area contributed by atoms with Gasteiger partial charge in [0.1, 0.15) is 5.82 Å². The Hall–Kier alpha value is -1.84. The topological polar surface area (TPSA) is 69.1 Å². The van der Waals surface area contributed by atoms with Crippen molar-refractivity contribution in [2.45, 2.75) is 6.42 Å². The van der Waals surface area contributed by atoms with E-state index in [1.807, 2.05) is 0 Å². The zero-order chi connectivity index (χ0) is 10.6. The van der Waals surface area contributed by atoms with Crippen LogP contribution in [0.4, 0.5) is 10.1 Å². The minimum absolute atomic E-state index is 0.0771. The van der Waals surface area contributed by atoms with E-state index >= 15 is 0 Å². The van der Waals surface area contributed by atoms with Crippen molar-refractivity contribution in [2.75, 3.05) is 5.73 Å². The SMILES string of the molecule is NC(=O)CC=Cc1cccc(F)c1N. The first-order chi connectivity index (χ1) is 6.61. The fourth-order valence-corrected chi connectivity index (χ4v) is 1.00. The van der Waals surface area contributed by atoms with Gasteiger partial charge in [-0.05, 0) is 6.07 Å². The predicted molar refractivity (Wildman–Crippen MR) is 53.7 cm³/mol. The standard InChI is InChI=1S/C10H11FN2O/c11-8-5-1-3-7(10(8)13)4-2-6-9(12)14/h1-5H,6,13H2,(H2,12,14). The second-order valence-electron chi connectivity index (χ2n) is 2.82. The summed E-state index contributed by atoms with van der Waals surface area (Å²) in [5, 5.41) is 0. The number of primary amides is 1. The number of halogens is 1. The van der Waals surface area contributed by atoms with Gasteiger partial charge < -0.3 is 11.5 Å². The van der Waals surface area contributed by atoms with E-state index in [-0.39, 0.29) is 12.1 Å². The summed E-state index contributed by atoms with van der Waals surface area (Å²) in [5.74, 6) is -0.901. The minimum Gasteiger partial charge on any atom is -0.396 e. The van der Waals surface area contributed by atoms with E-state index in [0.29, 0.717) is 5.56 Å². The third kappa shape index (κ3) is 2.58. The molecule has 0 saturated carbocycles. The molecule has 4 heteroatoms. The molecule has 0 aromatic heterocycles. The van der Waals surface area contributed by atoms with Crippen LogP contribution in [0.1, 0.15) is 12.0 Å². The Labute approximate surface area is 81.2 Å². The van der Waals surface area contributed by atoms with E-state index in [0.717, 1.165) is 0 Å². The molecule has 4 N–H and O–H groups in total. The van der Waals surface area contributed by atoms with Crippen LogP contribution in [-0.4, -0.2) is 5.91 Å². The summed E-state index contributed by atoms with van der Waals surface area (Å²) >= 11 is 0. The molecule has 0 atom stereocenters. The smallest absolute Gasteiger partial charge is 0.221 e. The lowest BCUT2D eigenvalue weighted by Gasteiger charge is -2.00. The average molecular weight is 194 g/mol. The molecule has 0 fully saturated rings. The van der Waals surface area contributed by atoms with Crippen molar-refractivity contribution in [1.29, 1.82) is 0 Å². The van der Waals surface area contributed by atoms with Crippen LogP contribution in [0.3, 0.4) is 0 Å². The molecule has 1 aromatic carbocycles. The lowest BCUT2D eigenvalue weighted by atomic mass is 10.1. The molecule has 1 rings (SSSR count). The van der Waals surface area contributed by atoms with Gasteiger partial charge in [-0.15, -0.1) is 0 Å². The number of amides is 1. The number of para-hydroxylation sites is 1. The first-order valence-corrected chi connectivity index (χ1v) is 4.10. The van der Waals surface area contributed by atoms with E-state index in [9.17, 15) is 9.18 Å². The molecule has 0 unspecified atom stereocenters. The number of benzene rings is 1. The Morgan fingerprint density at radius 2 is 2.21 bits per heavy atom. The maximum absolute atomic E-state index is 12.9. The van der Waals surface area contributed by atoms with Gasteiger partial charge in [0.2, 0.25) is 5.91 Å². The molecule has 0 aliphatic heterocycles. The summed E-state index contributed by atoms with van der Waals surface area (Å²) in [6, 6.07) is 4.49. The van der Waals surface area contributed by atoms with E-state index in [1.165, 1.54) is 6.07 Å². The van der Waals surface area contributed by atoms with Crippen molar-refractivity contribution in [2.24, 2.45) is 5.73 Å². The normalized spacial score (nSPS) is 10.6. The zero-order valence-electron chi connectivity index (χ0n) is 7.53. The molecule has 0 radical (unpaired) electrons. The fourth-order valence-electron chi connectivity index (χ4n) is 1.00. The van der Waals surface area contributed by atoms with Crippen LogP contribution < -0.4 is 11.5 Å². The summed E-state index contributed by atoms with van der Waals surface area (Å²) in [6.45, 7) is 0. The fraction of sp³-hybridized carbons (Fsp3) is 0.100. The minimum atomic E-state index is -0.466. The van der Waals surface area contributed by atoms with Gasteiger partial charge in [0.05, 0.1) is 5.69 Å². The molecular weight excluding hydrogens is 183 g/mol. The Balaban J connectivity index is 2.81. The van der Waals surface area contributed by atoms with Crippen molar-refractivity contribution in [3.63, 3.8) is 0 Å². The molecule has 74 valence electrons. The van der Waals surface area contributed by atoms with Gasteiger partial charge in [-0.1, -0.05) is 24.3 Å². The highest BCUT2D eigenvalue weighted by Crippen LogP contribution is 2.17. The summed E-state index contributed by atoms with van der Waals surface area (Å²) in [7, 11) is 0. The second-order valence-corrected chi connectivity index (χ2v) is 2.82. The lowest BCUT2D eigenvalue weighted by Crippen LogP contribution is -2.07. The predicted octanol–water partition coefficient (Wildman–Crippen LogP) is 1.30. The summed E-state index contributed by atoms with van der Waals surface area (Å²) in [6.07, 6.45) is 3.24. The van der Waals surface area contributed by atoms with Crippen molar-refractivity contribution in [1.82, 2.24) is 0 Å². The van der Waals surface area contributed by atoms with E-state index in [1.54, 1.807) is 24.3 Å². The van der Waals surface area contributed by atoms with E-state index in [4.69, 9.17) is 11.5 Å². The van der Waals surface area contributed by atoms with E-state index < -0.39 is 11.7 Å². The monoisotopic (exact) mass is 194 g/mol. The Morgan fingerprint density at radius 3 is 2.86 bits per heavy atom. The van der Waals surface area contributed by atoms with Gasteiger partial charge in [0.25, 0.3) is 0 Å². The van der Waals surface area contributed by atoms with E-state index in [2.05, 4.69) is 0 Å². The maximum atomic E-state index is 12.9. The van der Waals surface area contributed by atoms with Crippen molar-refractivity contribution < 1.29 is 9.18 Å². The molecule has 3 nitrogen and oxygen atoms in total.